The molecule has 2 unspecified atom stereocenters. The molecular formula is C16H30N4O. The van der Waals surface area contributed by atoms with E-state index in [1.807, 2.05) is 27.7 Å². The van der Waals surface area contributed by atoms with E-state index in [0.29, 0.717) is 0 Å². The first-order valence-electron chi connectivity index (χ1n) is 7.98. The Balaban J connectivity index is 2.49. The van der Waals surface area contributed by atoms with Gasteiger partial charge in [0.15, 0.2) is 0 Å². The van der Waals surface area contributed by atoms with Gasteiger partial charge in [0.2, 0.25) is 5.91 Å². The number of nitrogens with zero attached hydrogens (tertiary/aromatic N) is 3. The molecule has 5 heteroatoms. The maximum Gasteiger partial charge on any atom is 0.237 e. The first-order chi connectivity index (χ1) is 9.78. The molecule has 2 atom stereocenters. The summed E-state index contributed by atoms with van der Waals surface area (Å²) in [7, 11) is 0. The van der Waals surface area contributed by atoms with Crippen LogP contribution in [0.1, 0.15) is 47.5 Å². The van der Waals surface area contributed by atoms with Crippen LogP contribution < -0.4 is 5.32 Å². The normalized spacial score (nSPS) is 20.6. The highest BCUT2D eigenvalue weighted by Gasteiger charge is 2.29. The Morgan fingerprint density at radius 3 is 2.19 bits per heavy atom. The molecule has 0 radical (unpaired) electrons. The van der Waals surface area contributed by atoms with Crippen molar-refractivity contribution in [1.29, 1.82) is 5.26 Å². The number of amides is 1. The van der Waals surface area contributed by atoms with Gasteiger partial charge in [-0.3, -0.25) is 14.6 Å². The lowest BCUT2D eigenvalue weighted by atomic mass is 10.1. The van der Waals surface area contributed by atoms with Gasteiger partial charge in [0.25, 0.3) is 0 Å². The van der Waals surface area contributed by atoms with Crippen LogP contribution in [0.2, 0.25) is 0 Å². The molecule has 0 aliphatic carbocycles. The molecule has 1 amide bonds. The van der Waals surface area contributed by atoms with Crippen LogP contribution in [0.5, 0.6) is 0 Å². The Kier molecular flexibility index (Phi) is 6.63. The average molecular weight is 294 g/mol. The van der Waals surface area contributed by atoms with Gasteiger partial charge < -0.3 is 5.32 Å². The average Bonchev–Trinajstić information content (AvgIpc) is 2.42. The molecule has 0 saturated carbocycles. The molecule has 0 aromatic heterocycles. The Morgan fingerprint density at radius 2 is 1.76 bits per heavy atom. The van der Waals surface area contributed by atoms with Gasteiger partial charge in [0, 0.05) is 31.7 Å². The second-order valence-electron chi connectivity index (χ2n) is 6.92. The summed E-state index contributed by atoms with van der Waals surface area (Å²) in [4.78, 5) is 16.7. The van der Waals surface area contributed by atoms with E-state index in [0.717, 1.165) is 39.0 Å². The molecule has 21 heavy (non-hydrogen) atoms. The summed E-state index contributed by atoms with van der Waals surface area (Å²) in [6, 6.07) is 2.31. The quantitative estimate of drug-likeness (QED) is 0.837. The van der Waals surface area contributed by atoms with Gasteiger partial charge in [-0.25, -0.2) is 0 Å². The van der Waals surface area contributed by atoms with Crippen LogP contribution in [0, 0.1) is 11.3 Å². The number of nitrogens with one attached hydrogen (secondary N) is 1. The van der Waals surface area contributed by atoms with E-state index in [1.165, 1.54) is 0 Å². The third-order valence-corrected chi connectivity index (χ3v) is 3.93. The molecule has 1 aliphatic rings. The van der Waals surface area contributed by atoms with Crippen LogP contribution in [0.3, 0.4) is 0 Å². The number of hydrogen-bond donors (Lipinski definition) is 1. The third-order valence-electron chi connectivity index (χ3n) is 3.93. The zero-order chi connectivity index (χ0) is 16.0. The standard InChI is InChI=1S/C16H30N4O/c1-6-7-14(12-17)20-10-8-19(9-11-20)13(2)15(21)18-16(3,4)5/h13-14H,6-11H2,1-5H3,(H,18,21). The fourth-order valence-electron chi connectivity index (χ4n) is 2.68. The summed E-state index contributed by atoms with van der Waals surface area (Å²) in [5.74, 6) is 0.0846. The molecule has 0 spiro atoms. The van der Waals surface area contributed by atoms with E-state index in [9.17, 15) is 10.1 Å². The lowest BCUT2D eigenvalue weighted by Crippen LogP contribution is -2.57. The second kappa shape index (κ2) is 7.77. The van der Waals surface area contributed by atoms with Crippen molar-refractivity contribution in [2.24, 2.45) is 0 Å². The minimum atomic E-state index is -0.194. The molecule has 0 bridgehead atoms. The number of piperazine rings is 1. The van der Waals surface area contributed by atoms with E-state index >= 15 is 0 Å². The summed E-state index contributed by atoms with van der Waals surface area (Å²) in [5, 5.41) is 12.3. The lowest BCUT2D eigenvalue weighted by Gasteiger charge is -2.39. The van der Waals surface area contributed by atoms with Gasteiger partial charge in [-0.1, -0.05) is 13.3 Å². The van der Waals surface area contributed by atoms with E-state index in [1.54, 1.807) is 0 Å². The zero-order valence-corrected chi connectivity index (χ0v) is 14.1. The molecule has 1 heterocycles. The molecule has 0 aromatic rings. The van der Waals surface area contributed by atoms with Crippen LogP contribution in [0.25, 0.3) is 0 Å². The Bertz CT molecular complexity index is 375. The molecule has 0 aromatic carbocycles. The van der Waals surface area contributed by atoms with Crippen molar-refractivity contribution >= 4 is 5.91 Å². The predicted molar refractivity (Wildman–Crippen MR) is 84.8 cm³/mol. The van der Waals surface area contributed by atoms with Crippen molar-refractivity contribution < 1.29 is 4.79 Å². The van der Waals surface area contributed by atoms with E-state index in [4.69, 9.17) is 0 Å². The smallest absolute Gasteiger partial charge is 0.237 e. The zero-order valence-electron chi connectivity index (χ0n) is 14.1. The Morgan fingerprint density at radius 1 is 1.24 bits per heavy atom. The largest absolute Gasteiger partial charge is 0.350 e. The monoisotopic (exact) mass is 294 g/mol. The van der Waals surface area contributed by atoms with Crippen molar-refractivity contribution in [3.8, 4) is 6.07 Å². The summed E-state index contributed by atoms with van der Waals surface area (Å²) < 4.78 is 0. The van der Waals surface area contributed by atoms with Crippen molar-refractivity contribution in [2.75, 3.05) is 26.2 Å². The minimum Gasteiger partial charge on any atom is -0.350 e. The van der Waals surface area contributed by atoms with Crippen LogP contribution >= 0.6 is 0 Å². The highest BCUT2D eigenvalue weighted by Crippen LogP contribution is 2.13. The highest BCUT2D eigenvalue weighted by atomic mass is 16.2. The maximum absolute atomic E-state index is 12.2. The number of carbonyl (C=O) groups excluding carboxylic acids is 1. The molecule has 5 nitrogen and oxygen atoms in total. The highest BCUT2D eigenvalue weighted by molar-refractivity contribution is 5.81. The summed E-state index contributed by atoms with van der Waals surface area (Å²) in [6.07, 6.45) is 1.96. The second-order valence-corrected chi connectivity index (χ2v) is 6.92. The summed E-state index contributed by atoms with van der Waals surface area (Å²) in [5.41, 5.74) is -0.194. The van der Waals surface area contributed by atoms with Crippen LogP contribution in [-0.2, 0) is 4.79 Å². The van der Waals surface area contributed by atoms with Crippen molar-refractivity contribution in [3.63, 3.8) is 0 Å². The van der Waals surface area contributed by atoms with Gasteiger partial charge in [-0.15, -0.1) is 0 Å². The van der Waals surface area contributed by atoms with Gasteiger partial charge in [0.05, 0.1) is 18.2 Å². The number of carbonyl (C=O) groups is 1. The molecule has 1 fully saturated rings. The first kappa shape index (κ1) is 17.9. The van der Waals surface area contributed by atoms with Crippen molar-refractivity contribution in [3.05, 3.63) is 0 Å². The van der Waals surface area contributed by atoms with E-state index in [2.05, 4.69) is 28.1 Å². The minimum absolute atomic E-state index is 0.0239. The maximum atomic E-state index is 12.2. The van der Waals surface area contributed by atoms with Gasteiger partial charge >= 0.3 is 0 Å². The Labute approximate surface area is 129 Å². The van der Waals surface area contributed by atoms with Crippen molar-refractivity contribution in [2.45, 2.75) is 65.1 Å². The van der Waals surface area contributed by atoms with Crippen LogP contribution in [0.4, 0.5) is 0 Å². The number of rotatable bonds is 5. The van der Waals surface area contributed by atoms with E-state index in [-0.39, 0.29) is 23.5 Å². The molecule has 1 aliphatic heterocycles. The lowest BCUT2D eigenvalue weighted by molar-refractivity contribution is -0.128. The fourth-order valence-corrected chi connectivity index (χ4v) is 2.68. The Hall–Kier alpha value is -1.12. The molecule has 120 valence electrons. The van der Waals surface area contributed by atoms with Crippen LogP contribution in [0.15, 0.2) is 0 Å². The molecular weight excluding hydrogens is 264 g/mol. The van der Waals surface area contributed by atoms with Gasteiger partial charge in [-0.05, 0) is 34.1 Å². The van der Waals surface area contributed by atoms with Gasteiger partial charge in [-0.2, -0.15) is 5.26 Å². The third kappa shape index (κ3) is 5.64. The van der Waals surface area contributed by atoms with Gasteiger partial charge in [0.1, 0.15) is 0 Å². The number of nitriles is 1. The number of hydrogen-bond acceptors (Lipinski definition) is 4. The SMILES string of the molecule is CCCC(C#N)N1CCN(C(C)C(=O)NC(C)(C)C)CC1. The van der Waals surface area contributed by atoms with Crippen LogP contribution in [-0.4, -0.2) is 59.5 Å². The predicted octanol–water partition coefficient (Wildman–Crippen LogP) is 1.60. The fraction of sp³-hybridized carbons (Fsp3) is 0.875. The first-order valence-corrected chi connectivity index (χ1v) is 7.98. The topological polar surface area (TPSA) is 59.4 Å². The van der Waals surface area contributed by atoms with Crippen molar-refractivity contribution in [1.82, 2.24) is 15.1 Å². The summed E-state index contributed by atoms with van der Waals surface area (Å²) in [6.45, 7) is 13.5. The van der Waals surface area contributed by atoms with E-state index < -0.39 is 0 Å². The molecule has 1 rings (SSSR count). The summed E-state index contributed by atoms with van der Waals surface area (Å²) >= 11 is 0. The molecule has 1 N–H and O–H groups in total. The molecule has 1 saturated heterocycles.